The van der Waals surface area contributed by atoms with E-state index in [1.54, 1.807) is 30.3 Å². The van der Waals surface area contributed by atoms with Crippen LogP contribution in [0.25, 0.3) is 0 Å². The number of nitrogens with one attached hydrogen (secondary N) is 1. The molecule has 26 heavy (non-hydrogen) atoms. The highest BCUT2D eigenvalue weighted by atomic mass is 79.9. The van der Waals surface area contributed by atoms with Crippen molar-refractivity contribution in [3.63, 3.8) is 0 Å². The van der Waals surface area contributed by atoms with Gasteiger partial charge in [-0.1, -0.05) is 19.1 Å². The number of hydrogen-bond donors (Lipinski definition) is 1. The van der Waals surface area contributed by atoms with Gasteiger partial charge in [0.2, 0.25) is 10.0 Å². The number of amides is 1. The van der Waals surface area contributed by atoms with Crippen LogP contribution in [0.5, 0.6) is 5.75 Å². The molecule has 0 bridgehead atoms. The fourth-order valence-electron chi connectivity index (χ4n) is 2.19. The number of hydrogen-bond acceptors (Lipinski definition) is 4. The van der Waals surface area contributed by atoms with Gasteiger partial charge in [-0.05, 0) is 58.7 Å². The van der Waals surface area contributed by atoms with Crippen molar-refractivity contribution in [3.05, 3.63) is 53.0 Å². The molecule has 0 saturated carbocycles. The Kier molecular flexibility index (Phi) is 6.66. The van der Waals surface area contributed by atoms with E-state index in [0.29, 0.717) is 23.5 Å². The van der Waals surface area contributed by atoms with Crippen LogP contribution in [0.2, 0.25) is 0 Å². The molecular weight excluding hydrogens is 420 g/mol. The van der Waals surface area contributed by atoms with Gasteiger partial charge in [-0.2, -0.15) is 0 Å². The number of carbonyl (C=O) groups excluding carboxylic acids is 1. The third-order valence-corrected chi connectivity index (χ3v) is 5.67. The highest BCUT2D eigenvalue weighted by molar-refractivity contribution is 9.10. The number of nitrogens with zero attached hydrogens (tertiary/aromatic N) is 1. The molecule has 0 aliphatic carbocycles. The molecule has 8 heteroatoms. The third kappa shape index (κ3) is 5.22. The smallest absolute Gasteiger partial charge is 0.265 e. The Labute approximate surface area is 162 Å². The fourth-order valence-corrected chi connectivity index (χ4v) is 3.08. The number of sulfonamides is 1. The van der Waals surface area contributed by atoms with Crippen molar-refractivity contribution in [2.75, 3.05) is 22.9 Å². The van der Waals surface area contributed by atoms with Crippen LogP contribution >= 0.6 is 15.9 Å². The average Bonchev–Trinajstić information content (AvgIpc) is 2.60. The maximum absolute atomic E-state index is 12.5. The normalized spacial score (nSPS) is 12.3. The van der Waals surface area contributed by atoms with Crippen LogP contribution in [-0.4, -0.2) is 33.7 Å². The zero-order valence-electron chi connectivity index (χ0n) is 14.8. The van der Waals surface area contributed by atoms with Crippen LogP contribution in [0.15, 0.2) is 53.0 Å². The van der Waals surface area contributed by atoms with Gasteiger partial charge in [-0.15, -0.1) is 0 Å². The molecule has 0 aromatic heterocycles. The molecule has 0 fully saturated rings. The Morgan fingerprint density at radius 2 is 1.81 bits per heavy atom. The SMILES string of the molecule is CCC(Oc1ccc(N(C)S(C)(=O)=O)cc1)C(=O)Nc1ccccc1Br. The van der Waals surface area contributed by atoms with Crippen LogP contribution in [0, 0.1) is 0 Å². The molecular formula is C18H21BrN2O4S. The quantitative estimate of drug-likeness (QED) is 0.712. The minimum Gasteiger partial charge on any atom is -0.481 e. The van der Waals surface area contributed by atoms with Crippen molar-refractivity contribution in [2.24, 2.45) is 0 Å². The zero-order valence-corrected chi connectivity index (χ0v) is 17.2. The fraction of sp³-hybridized carbons (Fsp3) is 0.278. The summed E-state index contributed by atoms with van der Waals surface area (Å²) in [7, 11) is -1.85. The average molecular weight is 441 g/mol. The molecule has 0 saturated heterocycles. The minimum atomic E-state index is -3.32. The highest BCUT2D eigenvalue weighted by Crippen LogP contribution is 2.24. The van der Waals surface area contributed by atoms with Gasteiger partial charge in [0, 0.05) is 11.5 Å². The summed E-state index contributed by atoms with van der Waals surface area (Å²) in [6.45, 7) is 1.86. The highest BCUT2D eigenvalue weighted by Gasteiger charge is 2.19. The largest absolute Gasteiger partial charge is 0.481 e. The van der Waals surface area contributed by atoms with Crippen LogP contribution in [0.4, 0.5) is 11.4 Å². The number of ether oxygens (including phenoxy) is 1. The summed E-state index contributed by atoms with van der Waals surface area (Å²) in [5.74, 6) is 0.238. The van der Waals surface area contributed by atoms with E-state index in [2.05, 4.69) is 21.2 Å². The first kappa shape index (κ1) is 20.3. The van der Waals surface area contributed by atoms with E-state index in [4.69, 9.17) is 4.74 Å². The molecule has 6 nitrogen and oxygen atoms in total. The molecule has 1 amide bonds. The van der Waals surface area contributed by atoms with Crippen LogP contribution in [0.3, 0.4) is 0 Å². The lowest BCUT2D eigenvalue weighted by Gasteiger charge is -2.19. The van der Waals surface area contributed by atoms with Gasteiger partial charge in [-0.3, -0.25) is 9.10 Å². The Balaban J connectivity index is 2.07. The second kappa shape index (κ2) is 8.55. The van der Waals surface area contributed by atoms with Crippen molar-refractivity contribution in [1.82, 2.24) is 0 Å². The summed E-state index contributed by atoms with van der Waals surface area (Å²) < 4.78 is 30.9. The number of rotatable bonds is 7. The van der Waals surface area contributed by atoms with Crippen LogP contribution < -0.4 is 14.4 Å². The van der Waals surface area contributed by atoms with E-state index in [1.807, 2.05) is 25.1 Å². The summed E-state index contributed by atoms with van der Waals surface area (Å²) in [5, 5.41) is 2.83. The van der Waals surface area contributed by atoms with Crippen molar-refractivity contribution in [1.29, 1.82) is 0 Å². The van der Waals surface area contributed by atoms with Crippen molar-refractivity contribution < 1.29 is 17.9 Å². The first-order valence-corrected chi connectivity index (χ1v) is 10.6. The molecule has 0 radical (unpaired) electrons. The Morgan fingerprint density at radius 1 is 1.19 bits per heavy atom. The first-order valence-electron chi connectivity index (χ1n) is 7.98. The predicted molar refractivity (Wildman–Crippen MR) is 107 cm³/mol. The van der Waals surface area contributed by atoms with Gasteiger partial charge in [0.1, 0.15) is 5.75 Å². The first-order chi connectivity index (χ1) is 12.2. The van der Waals surface area contributed by atoms with E-state index in [-0.39, 0.29) is 5.91 Å². The zero-order chi connectivity index (χ0) is 19.3. The molecule has 0 aliphatic rings. The monoisotopic (exact) mass is 440 g/mol. The Bertz CT molecular complexity index is 869. The van der Waals surface area contributed by atoms with E-state index < -0.39 is 16.1 Å². The van der Waals surface area contributed by atoms with E-state index in [0.717, 1.165) is 10.7 Å². The second-order valence-corrected chi connectivity index (χ2v) is 8.58. The molecule has 0 heterocycles. The van der Waals surface area contributed by atoms with Gasteiger partial charge < -0.3 is 10.1 Å². The van der Waals surface area contributed by atoms with Gasteiger partial charge in [0.15, 0.2) is 6.10 Å². The molecule has 140 valence electrons. The van der Waals surface area contributed by atoms with E-state index in [1.165, 1.54) is 11.4 Å². The molecule has 2 aromatic carbocycles. The van der Waals surface area contributed by atoms with Crippen molar-refractivity contribution in [3.8, 4) is 5.75 Å². The molecule has 1 atom stereocenters. The number of carbonyl (C=O) groups is 1. The summed E-state index contributed by atoms with van der Waals surface area (Å²) in [6.07, 6.45) is 0.957. The Hall–Kier alpha value is -2.06. The lowest BCUT2D eigenvalue weighted by Crippen LogP contribution is -2.32. The summed E-state index contributed by atoms with van der Waals surface area (Å²) in [4.78, 5) is 12.5. The third-order valence-electron chi connectivity index (χ3n) is 3.77. The Morgan fingerprint density at radius 3 is 2.35 bits per heavy atom. The molecule has 1 N–H and O–H groups in total. The maximum Gasteiger partial charge on any atom is 0.265 e. The lowest BCUT2D eigenvalue weighted by atomic mass is 10.2. The topological polar surface area (TPSA) is 75.7 Å². The van der Waals surface area contributed by atoms with E-state index in [9.17, 15) is 13.2 Å². The second-order valence-electron chi connectivity index (χ2n) is 5.71. The lowest BCUT2D eigenvalue weighted by molar-refractivity contribution is -0.122. The number of benzene rings is 2. The number of anilines is 2. The minimum absolute atomic E-state index is 0.253. The van der Waals surface area contributed by atoms with Crippen molar-refractivity contribution in [2.45, 2.75) is 19.4 Å². The van der Waals surface area contributed by atoms with E-state index >= 15 is 0 Å². The van der Waals surface area contributed by atoms with Gasteiger partial charge in [0.05, 0.1) is 17.6 Å². The number of halogens is 1. The van der Waals surface area contributed by atoms with Crippen LogP contribution in [-0.2, 0) is 14.8 Å². The summed E-state index contributed by atoms with van der Waals surface area (Å²) in [6, 6.07) is 13.9. The van der Waals surface area contributed by atoms with Gasteiger partial charge in [0.25, 0.3) is 5.91 Å². The summed E-state index contributed by atoms with van der Waals surface area (Å²) in [5.41, 5.74) is 1.19. The molecule has 0 spiro atoms. The molecule has 0 aliphatic heterocycles. The summed E-state index contributed by atoms with van der Waals surface area (Å²) >= 11 is 3.39. The van der Waals surface area contributed by atoms with Crippen molar-refractivity contribution >= 4 is 43.2 Å². The molecule has 2 rings (SSSR count). The maximum atomic E-state index is 12.5. The van der Waals surface area contributed by atoms with Gasteiger partial charge in [-0.25, -0.2) is 8.42 Å². The predicted octanol–water partition coefficient (Wildman–Crippen LogP) is 3.64. The molecule has 1 unspecified atom stereocenters. The van der Waals surface area contributed by atoms with Crippen LogP contribution in [0.1, 0.15) is 13.3 Å². The number of para-hydroxylation sites is 1. The van der Waals surface area contributed by atoms with Gasteiger partial charge >= 0.3 is 0 Å². The standard InChI is InChI=1S/C18H21BrN2O4S/c1-4-17(18(22)20-16-8-6-5-7-15(16)19)25-14-11-9-13(10-12-14)21(2)26(3,23)24/h5-12,17H,4H2,1-3H3,(H,20,22). The molecule has 2 aromatic rings.